The first kappa shape index (κ1) is 24.4. The van der Waals surface area contributed by atoms with Gasteiger partial charge in [-0.05, 0) is 97.8 Å². The van der Waals surface area contributed by atoms with Gasteiger partial charge in [0, 0.05) is 25.7 Å². The van der Waals surface area contributed by atoms with Gasteiger partial charge in [-0.3, -0.25) is 0 Å². The van der Waals surface area contributed by atoms with Gasteiger partial charge in [0.05, 0.1) is 6.10 Å². The average molecular weight is 487 g/mol. The lowest BCUT2D eigenvalue weighted by Gasteiger charge is -2.72. The summed E-state index contributed by atoms with van der Waals surface area (Å²) in [5.74, 6) is 0.601. The summed E-state index contributed by atoms with van der Waals surface area (Å²) in [6.45, 7) is 4.62. The highest BCUT2D eigenvalue weighted by Gasteiger charge is 2.67. The van der Waals surface area contributed by atoms with Crippen molar-refractivity contribution in [1.82, 2.24) is 0 Å². The van der Waals surface area contributed by atoms with E-state index in [4.69, 9.17) is 14.2 Å². The van der Waals surface area contributed by atoms with Crippen molar-refractivity contribution in [2.24, 2.45) is 11.3 Å². The van der Waals surface area contributed by atoms with Gasteiger partial charge < -0.3 is 14.2 Å². The van der Waals surface area contributed by atoms with Crippen molar-refractivity contribution in [3.8, 4) is 11.1 Å². The van der Waals surface area contributed by atoms with E-state index >= 15 is 0 Å². The summed E-state index contributed by atoms with van der Waals surface area (Å²) in [7, 11) is 0. The second kappa shape index (κ2) is 10.4. The molecule has 1 saturated heterocycles. The summed E-state index contributed by atoms with van der Waals surface area (Å²) in [5, 5.41) is 0. The van der Waals surface area contributed by atoms with Crippen LogP contribution >= 0.6 is 0 Å². The van der Waals surface area contributed by atoms with Crippen LogP contribution in [0.2, 0.25) is 0 Å². The van der Waals surface area contributed by atoms with Crippen LogP contribution in [0.3, 0.4) is 0 Å². The van der Waals surface area contributed by atoms with Gasteiger partial charge in [-0.2, -0.15) is 0 Å². The second-order valence-corrected chi connectivity index (χ2v) is 11.9. The van der Waals surface area contributed by atoms with Crippen molar-refractivity contribution in [2.75, 3.05) is 19.8 Å². The molecule has 3 unspecified atom stereocenters. The molecule has 36 heavy (non-hydrogen) atoms. The third-order valence-corrected chi connectivity index (χ3v) is 9.12. The predicted octanol–water partition coefficient (Wildman–Crippen LogP) is 7.93. The van der Waals surface area contributed by atoms with Gasteiger partial charge in [-0.15, -0.1) is 0 Å². The highest BCUT2D eigenvalue weighted by atomic mass is 16.7. The van der Waals surface area contributed by atoms with Gasteiger partial charge in [0.1, 0.15) is 0 Å². The third-order valence-electron chi connectivity index (χ3n) is 9.12. The predicted molar refractivity (Wildman–Crippen MR) is 146 cm³/mol. The Morgan fingerprint density at radius 3 is 2.36 bits per heavy atom. The molecule has 5 fully saturated rings. The summed E-state index contributed by atoms with van der Waals surface area (Å²) < 4.78 is 17.3. The van der Waals surface area contributed by atoms with Gasteiger partial charge in [-0.1, -0.05) is 67.1 Å². The lowest BCUT2D eigenvalue weighted by molar-refractivity contribution is -0.166. The summed E-state index contributed by atoms with van der Waals surface area (Å²) in [6.07, 6.45) is 17.7. The monoisotopic (exact) mass is 486 g/mol. The van der Waals surface area contributed by atoms with Gasteiger partial charge >= 0.3 is 0 Å². The van der Waals surface area contributed by atoms with Crippen LogP contribution in [-0.4, -0.2) is 32.2 Å². The molecule has 0 spiro atoms. The summed E-state index contributed by atoms with van der Waals surface area (Å²) in [6, 6.07) is 18.4. The summed E-state index contributed by atoms with van der Waals surface area (Å²) >= 11 is 0. The van der Waals surface area contributed by atoms with E-state index in [1.165, 1.54) is 74.5 Å². The van der Waals surface area contributed by atoms with Gasteiger partial charge in [0.2, 0.25) is 0 Å². The molecule has 0 aromatic heterocycles. The molecule has 5 aliphatic rings. The largest absolute Gasteiger partial charge is 0.378 e. The van der Waals surface area contributed by atoms with Gasteiger partial charge in [-0.25, -0.2) is 0 Å². The van der Waals surface area contributed by atoms with Crippen molar-refractivity contribution < 1.29 is 14.2 Å². The maximum Gasteiger partial charge on any atom is 0.157 e. The van der Waals surface area contributed by atoms with Crippen LogP contribution in [0.25, 0.3) is 17.2 Å². The van der Waals surface area contributed by atoms with E-state index in [1.807, 2.05) is 0 Å². The van der Waals surface area contributed by atoms with Crippen molar-refractivity contribution in [2.45, 2.75) is 88.9 Å². The lowest BCUT2D eigenvalue weighted by Crippen LogP contribution is -2.64. The molecule has 7 rings (SSSR count). The fourth-order valence-electron chi connectivity index (χ4n) is 7.06. The van der Waals surface area contributed by atoms with Crippen molar-refractivity contribution >= 4 is 6.08 Å². The van der Waals surface area contributed by atoms with E-state index in [0.29, 0.717) is 22.9 Å². The Morgan fingerprint density at radius 2 is 1.67 bits per heavy atom. The molecular weight excluding hydrogens is 444 g/mol. The molecular formula is C33H42O3. The molecule has 0 radical (unpaired) electrons. The van der Waals surface area contributed by atoms with Gasteiger partial charge in [0.25, 0.3) is 0 Å². The molecule has 192 valence electrons. The molecule has 3 heteroatoms. The van der Waals surface area contributed by atoms with E-state index in [9.17, 15) is 0 Å². The first-order valence-corrected chi connectivity index (χ1v) is 14.4. The molecule has 0 amide bonds. The van der Waals surface area contributed by atoms with Gasteiger partial charge in [0.15, 0.2) is 6.29 Å². The number of benzene rings is 2. The van der Waals surface area contributed by atoms with E-state index < -0.39 is 0 Å². The van der Waals surface area contributed by atoms with E-state index in [1.54, 1.807) is 5.56 Å². The van der Waals surface area contributed by atoms with Crippen LogP contribution in [0.4, 0.5) is 0 Å². The van der Waals surface area contributed by atoms with Crippen LogP contribution in [0.15, 0.2) is 54.6 Å². The van der Waals surface area contributed by atoms with Crippen molar-refractivity contribution in [1.29, 1.82) is 0 Å². The molecule has 4 aliphatic carbocycles. The van der Waals surface area contributed by atoms with Crippen molar-refractivity contribution in [3.05, 3.63) is 65.7 Å². The molecule has 2 aromatic rings. The Hall–Kier alpha value is -1.94. The minimum Gasteiger partial charge on any atom is -0.378 e. The Labute approximate surface area is 217 Å². The molecule has 0 N–H and O–H groups in total. The zero-order valence-electron chi connectivity index (χ0n) is 21.9. The van der Waals surface area contributed by atoms with E-state index in [2.05, 4.69) is 67.6 Å². The Balaban J connectivity index is 0.939. The first-order chi connectivity index (χ1) is 17.7. The third kappa shape index (κ3) is 5.21. The number of rotatable bonds is 12. The first-order valence-electron chi connectivity index (χ1n) is 14.4. The second-order valence-electron chi connectivity index (χ2n) is 11.9. The normalized spacial score (nSPS) is 32.8. The number of unbranched alkanes of at least 4 members (excludes halogenated alkanes) is 1. The lowest BCUT2D eigenvalue weighted by atomic mass is 9.32. The molecule has 3 atom stereocenters. The zero-order valence-corrected chi connectivity index (χ0v) is 21.9. The Kier molecular flexibility index (Phi) is 7.07. The fourth-order valence-corrected chi connectivity index (χ4v) is 7.06. The highest BCUT2D eigenvalue weighted by molar-refractivity contribution is 5.66. The molecule has 2 aromatic carbocycles. The Morgan fingerprint density at radius 1 is 0.917 bits per heavy atom. The molecule has 1 aliphatic heterocycles. The topological polar surface area (TPSA) is 27.7 Å². The summed E-state index contributed by atoms with van der Waals surface area (Å²) in [5.41, 5.74) is 6.54. The minimum atomic E-state index is 0.0658. The van der Waals surface area contributed by atoms with Crippen LogP contribution in [0.5, 0.6) is 0 Å². The fraction of sp³-hybridized carbons (Fsp3) is 0.576. The van der Waals surface area contributed by atoms with Crippen LogP contribution in [-0.2, 0) is 19.6 Å². The van der Waals surface area contributed by atoms with E-state index in [-0.39, 0.29) is 6.29 Å². The number of hydrogen-bond donors (Lipinski definition) is 0. The minimum absolute atomic E-state index is 0.0658. The molecule has 2 bridgehead atoms. The smallest absolute Gasteiger partial charge is 0.157 e. The van der Waals surface area contributed by atoms with Crippen LogP contribution in [0, 0.1) is 11.3 Å². The SMILES string of the molecule is CCOC1CC1/C=C\c1ccc(-c2ccc(C34CC(CCCCOC5CCCCO5)(C3)C4)cc2)cc1. The maximum atomic E-state index is 5.91. The van der Waals surface area contributed by atoms with Crippen LogP contribution in [0.1, 0.15) is 82.3 Å². The Bertz CT molecular complexity index is 1010. The summed E-state index contributed by atoms with van der Waals surface area (Å²) in [4.78, 5) is 0. The highest BCUT2D eigenvalue weighted by Crippen LogP contribution is 2.75. The average Bonchev–Trinajstić information content (AvgIpc) is 3.62. The standard InChI is InChI=1S/C33H42O3/c1-2-34-30-21-28(30)13-10-25-8-11-26(12-9-25)27-14-16-29(17-15-27)33-22-32(23-33,24-33)18-4-6-20-36-31-7-3-5-19-35-31/h8-17,28,30-31H,2-7,18-24H2,1H3/b13-10-. The number of ether oxygens (including phenoxy) is 3. The molecule has 1 heterocycles. The molecule has 4 saturated carbocycles. The van der Waals surface area contributed by atoms with Crippen LogP contribution < -0.4 is 0 Å². The maximum absolute atomic E-state index is 5.91. The van der Waals surface area contributed by atoms with Crippen molar-refractivity contribution in [3.63, 3.8) is 0 Å². The van der Waals surface area contributed by atoms with E-state index in [0.717, 1.165) is 26.2 Å². The zero-order chi connectivity index (χ0) is 24.4. The number of hydrogen-bond acceptors (Lipinski definition) is 3. The quantitative estimate of drug-likeness (QED) is 0.285. The molecule has 3 nitrogen and oxygen atoms in total.